The van der Waals surface area contributed by atoms with Crippen LogP contribution in [0.4, 0.5) is 11.4 Å². The summed E-state index contributed by atoms with van der Waals surface area (Å²) in [4.78, 5) is 30.5. The van der Waals surface area contributed by atoms with E-state index in [0.717, 1.165) is 51.3 Å². The van der Waals surface area contributed by atoms with E-state index in [4.69, 9.17) is 9.72 Å². The van der Waals surface area contributed by atoms with Gasteiger partial charge in [0.25, 0.3) is 11.6 Å². The lowest BCUT2D eigenvalue weighted by molar-refractivity contribution is -0.384. The molecule has 0 aliphatic heterocycles. The van der Waals surface area contributed by atoms with Crippen LogP contribution in [0.3, 0.4) is 0 Å². The predicted octanol–water partition coefficient (Wildman–Crippen LogP) is 6.39. The number of fused-ring (bicyclic) bond motifs is 1. The van der Waals surface area contributed by atoms with Crippen LogP contribution in [0.5, 0.6) is 0 Å². The Balaban J connectivity index is 1.85. The third-order valence-electron chi connectivity index (χ3n) is 6.05. The van der Waals surface area contributed by atoms with Crippen molar-refractivity contribution in [1.29, 1.82) is 0 Å². The average molecular weight is 519 g/mol. The number of aromatic nitrogens is 1. The number of nitro benzene ring substituents is 1. The molecule has 2 heterocycles. The lowest BCUT2D eigenvalue weighted by Crippen LogP contribution is -2.24. The van der Waals surface area contributed by atoms with E-state index in [0.29, 0.717) is 17.9 Å². The minimum Gasteiger partial charge on any atom is -0.380 e. The minimum atomic E-state index is -0.483. The molecule has 0 saturated heterocycles. The highest BCUT2D eigenvalue weighted by molar-refractivity contribution is 7.19. The van der Waals surface area contributed by atoms with Crippen LogP contribution >= 0.6 is 11.3 Å². The van der Waals surface area contributed by atoms with Crippen LogP contribution in [0, 0.1) is 17.0 Å². The number of non-ortho nitro benzene ring substituents is 1. The molecular weight excluding hydrogens is 488 g/mol. The van der Waals surface area contributed by atoms with Gasteiger partial charge in [-0.1, -0.05) is 43.7 Å². The first-order chi connectivity index (χ1) is 17.9. The van der Waals surface area contributed by atoms with E-state index in [1.54, 1.807) is 18.4 Å². The van der Waals surface area contributed by atoms with Gasteiger partial charge in [-0.05, 0) is 49.2 Å². The minimum absolute atomic E-state index is 0.0652. The number of anilines is 1. The second kappa shape index (κ2) is 12.1. The fourth-order valence-corrected chi connectivity index (χ4v) is 5.60. The van der Waals surface area contributed by atoms with Crippen LogP contribution in [0.15, 0.2) is 60.7 Å². The van der Waals surface area contributed by atoms with Crippen molar-refractivity contribution in [1.82, 2.24) is 10.3 Å². The van der Waals surface area contributed by atoms with E-state index >= 15 is 0 Å². The number of hydrogen-bond acceptors (Lipinski definition) is 7. The van der Waals surface area contributed by atoms with Crippen molar-refractivity contribution in [2.75, 3.05) is 19.0 Å². The molecular formula is C28H30N4O4S. The summed E-state index contributed by atoms with van der Waals surface area (Å²) in [5.74, 6) is -0.347. The Kier molecular flexibility index (Phi) is 8.60. The van der Waals surface area contributed by atoms with Gasteiger partial charge in [0.2, 0.25) is 0 Å². The molecule has 37 heavy (non-hydrogen) atoms. The highest BCUT2D eigenvalue weighted by atomic mass is 32.1. The van der Waals surface area contributed by atoms with Gasteiger partial charge in [-0.2, -0.15) is 0 Å². The number of aryl methyl sites for hydroxylation is 1. The molecule has 0 unspecified atom stereocenters. The molecule has 0 saturated carbocycles. The van der Waals surface area contributed by atoms with Gasteiger partial charge < -0.3 is 15.4 Å². The van der Waals surface area contributed by atoms with Gasteiger partial charge in [-0.25, -0.2) is 4.98 Å². The Morgan fingerprint density at radius 1 is 1.16 bits per heavy atom. The van der Waals surface area contributed by atoms with Crippen LogP contribution in [0.2, 0.25) is 0 Å². The van der Waals surface area contributed by atoms with Gasteiger partial charge in [-0.3, -0.25) is 14.9 Å². The number of hydrogen-bond donors (Lipinski definition) is 2. The second-order valence-electron chi connectivity index (χ2n) is 8.79. The van der Waals surface area contributed by atoms with Gasteiger partial charge in [0.1, 0.15) is 4.83 Å². The van der Waals surface area contributed by atoms with Crippen LogP contribution in [-0.2, 0) is 11.3 Å². The number of ether oxygens (including phenoxy) is 1. The predicted molar refractivity (Wildman–Crippen MR) is 147 cm³/mol. The van der Waals surface area contributed by atoms with E-state index < -0.39 is 4.92 Å². The number of benzene rings is 2. The zero-order chi connectivity index (χ0) is 26.4. The van der Waals surface area contributed by atoms with Crippen LogP contribution in [0.25, 0.3) is 10.2 Å². The monoisotopic (exact) mass is 518 g/mol. The number of nitrogens with one attached hydrogen (secondary N) is 2. The fourth-order valence-electron chi connectivity index (χ4n) is 4.28. The van der Waals surface area contributed by atoms with E-state index in [9.17, 15) is 14.9 Å². The van der Waals surface area contributed by atoms with Gasteiger partial charge >= 0.3 is 0 Å². The van der Waals surface area contributed by atoms with Gasteiger partial charge in [0.15, 0.2) is 0 Å². The van der Waals surface area contributed by atoms with Crippen molar-refractivity contribution in [3.8, 4) is 0 Å². The lowest BCUT2D eigenvalue weighted by Gasteiger charge is -2.20. The molecule has 2 aromatic heterocycles. The topological polar surface area (TPSA) is 106 Å². The maximum absolute atomic E-state index is 13.4. The summed E-state index contributed by atoms with van der Waals surface area (Å²) < 4.78 is 5.49. The van der Waals surface area contributed by atoms with Crippen molar-refractivity contribution in [3.63, 3.8) is 0 Å². The van der Waals surface area contributed by atoms with Crippen LogP contribution in [0.1, 0.15) is 57.9 Å². The number of amides is 1. The quantitative estimate of drug-likeness (QED) is 0.135. The van der Waals surface area contributed by atoms with Crippen molar-refractivity contribution >= 4 is 38.8 Å². The van der Waals surface area contributed by atoms with E-state index in [1.807, 2.05) is 31.2 Å². The number of rotatable bonds is 11. The zero-order valence-electron chi connectivity index (χ0n) is 21.1. The van der Waals surface area contributed by atoms with Gasteiger partial charge in [0, 0.05) is 35.9 Å². The molecule has 0 radical (unpaired) electrons. The van der Waals surface area contributed by atoms with Crippen molar-refractivity contribution in [2.24, 2.45) is 0 Å². The standard InChI is InChI=1S/C28H30N4O4S/c1-4-5-15-29-24(19-9-7-6-8-10-19)26-25(23-21(17-36-3)16-18(2)30-28(23)37-26)31-27(33)20-11-13-22(14-12-20)32(34)35/h6-14,16,24,29H,4-5,15,17H2,1-3H3,(H,31,33)/t24-/m1/s1. The van der Waals surface area contributed by atoms with E-state index in [-0.39, 0.29) is 17.6 Å². The number of thiophene rings is 1. The van der Waals surface area contributed by atoms with Crippen molar-refractivity contribution < 1.29 is 14.5 Å². The van der Waals surface area contributed by atoms with Gasteiger partial charge in [-0.15, -0.1) is 11.3 Å². The van der Waals surface area contributed by atoms with E-state index in [1.165, 1.54) is 24.3 Å². The second-order valence-corrected chi connectivity index (χ2v) is 9.82. The van der Waals surface area contributed by atoms with Crippen LogP contribution < -0.4 is 10.6 Å². The third-order valence-corrected chi connectivity index (χ3v) is 7.20. The molecule has 4 rings (SSSR count). The number of nitrogens with zero attached hydrogens (tertiary/aromatic N) is 2. The Morgan fingerprint density at radius 3 is 2.54 bits per heavy atom. The normalized spacial score (nSPS) is 12.0. The molecule has 0 bridgehead atoms. The Labute approximate surface area is 219 Å². The van der Waals surface area contributed by atoms with Crippen molar-refractivity contribution in [2.45, 2.75) is 39.3 Å². The fraction of sp³-hybridized carbons (Fsp3) is 0.286. The SMILES string of the molecule is CCCCN[C@H](c1ccccc1)c1sc2nc(C)cc(COC)c2c1NC(=O)c1ccc([N+](=O)[O-])cc1. The summed E-state index contributed by atoms with van der Waals surface area (Å²) in [6.07, 6.45) is 2.08. The summed E-state index contributed by atoms with van der Waals surface area (Å²) in [6, 6.07) is 17.6. The number of nitro groups is 1. The summed E-state index contributed by atoms with van der Waals surface area (Å²) in [6.45, 7) is 5.28. The maximum Gasteiger partial charge on any atom is 0.269 e. The first-order valence-corrected chi connectivity index (χ1v) is 13.0. The summed E-state index contributed by atoms with van der Waals surface area (Å²) in [5, 5.41) is 18.7. The molecule has 0 aliphatic carbocycles. The highest BCUT2D eigenvalue weighted by Gasteiger charge is 2.26. The van der Waals surface area contributed by atoms with E-state index in [2.05, 4.69) is 29.7 Å². The average Bonchev–Trinajstić information content (AvgIpc) is 3.24. The number of pyridine rings is 1. The summed E-state index contributed by atoms with van der Waals surface area (Å²) in [5.41, 5.74) is 3.84. The van der Waals surface area contributed by atoms with Crippen LogP contribution in [-0.4, -0.2) is 29.5 Å². The molecule has 0 spiro atoms. The molecule has 1 amide bonds. The molecule has 4 aromatic rings. The first kappa shape index (κ1) is 26.4. The van der Waals surface area contributed by atoms with Crippen molar-refractivity contribution in [3.05, 3.63) is 98.0 Å². The smallest absolute Gasteiger partial charge is 0.269 e. The molecule has 192 valence electrons. The Hall–Kier alpha value is -3.66. The lowest BCUT2D eigenvalue weighted by atomic mass is 10.0. The number of carbonyl (C=O) groups is 1. The first-order valence-electron chi connectivity index (χ1n) is 12.2. The summed E-state index contributed by atoms with van der Waals surface area (Å²) in [7, 11) is 1.64. The number of unbranched alkanes of at least 4 members (excludes halogenated alkanes) is 1. The number of methoxy groups -OCH3 is 1. The molecule has 1 atom stereocenters. The number of carbonyl (C=O) groups excluding carboxylic acids is 1. The molecule has 0 aliphatic rings. The molecule has 2 aromatic carbocycles. The molecule has 8 nitrogen and oxygen atoms in total. The molecule has 2 N–H and O–H groups in total. The largest absolute Gasteiger partial charge is 0.380 e. The Bertz CT molecular complexity index is 1390. The zero-order valence-corrected chi connectivity index (χ0v) is 21.9. The molecule has 0 fully saturated rings. The summed E-state index contributed by atoms with van der Waals surface area (Å²) >= 11 is 1.55. The third kappa shape index (κ3) is 6.02. The molecule has 9 heteroatoms. The Morgan fingerprint density at radius 2 is 1.89 bits per heavy atom. The maximum atomic E-state index is 13.4. The van der Waals surface area contributed by atoms with Gasteiger partial charge in [0.05, 0.1) is 28.1 Å². The highest BCUT2D eigenvalue weighted by Crippen LogP contribution is 2.43.